The summed E-state index contributed by atoms with van der Waals surface area (Å²) < 4.78 is 11.0. The van der Waals surface area contributed by atoms with Crippen molar-refractivity contribution in [2.75, 3.05) is 13.2 Å². The van der Waals surface area contributed by atoms with Gasteiger partial charge in [-0.15, -0.1) is 0 Å². The fourth-order valence-electron chi connectivity index (χ4n) is 1.72. The molecule has 0 amide bonds. The zero-order chi connectivity index (χ0) is 11.9. The molecule has 0 N–H and O–H groups in total. The van der Waals surface area contributed by atoms with E-state index in [0.717, 1.165) is 30.6 Å². The topological polar surface area (TPSA) is 35.5 Å². The summed E-state index contributed by atoms with van der Waals surface area (Å²) in [6.45, 7) is 1.24. The summed E-state index contributed by atoms with van der Waals surface area (Å²) in [5.41, 5.74) is 1.19. The van der Waals surface area contributed by atoms with Gasteiger partial charge in [0.15, 0.2) is 11.5 Å². The summed E-state index contributed by atoms with van der Waals surface area (Å²) >= 11 is 0. The van der Waals surface area contributed by atoms with Crippen molar-refractivity contribution in [1.82, 2.24) is 0 Å². The second kappa shape index (κ2) is 6.09. The number of benzene rings is 1. The zero-order valence-corrected chi connectivity index (χ0v) is 9.72. The number of carbonyl (C=O) groups excluding carboxylic acids is 1. The predicted molar refractivity (Wildman–Crippen MR) is 65.6 cm³/mol. The lowest BCUT2D eigenvalue weighted by atomic mass is 10.1. The lowest BCUT2D eigenvalue weighted by molar-refractivity contribution is -0.107. The van der Waals surface area contributed by atoms with Crippen LogP contribution in [0.3, 0.4) is 0 Å². The lowest BCUT2D eigenvalue weighted by Gasteiger charge is -2.18. The van der Waals surface area contributed by atoms with E-state index in [-0.39, 0.29) is 0 Å². The highest BCUT2D eigenvalue weighted by atomic mass is 16.6. The molecule has 0 fully saturated rings. The molecule has 0 saturated heterocycles. The molecule has 1 heterocycles. The number of carbonyl (C=O) groups is 1. The van der Waals surface area contributed by atoms with Crippen LogP contribution in [-0.2, 0) is 11.2 Å². The lowest BCUT2D eigenvalue weighted by Crippen LogP contribution is -2.15. The smallest absolute Gasteiger partial charge is 0.161 e. The Hall–Kier alpha value is -1.77. The van der Waals surface area contributed by atoms with Crippen LogP contribution in [0.15, 0.2) is 30.4 Å². The molecule has 0 unspecified atom stereocenters. The summed E-state index contributed by atoms with van der Waals surface area (Å²) in [4.78, 5) is 10.1. The van der Waals surface area contributed by atoms with Crippen LogP contribution in [0, 0.1) is 0 Å². The molecule has 0 saturated carbocycles. The molecule has 17 heavy (non-hydrogen) atoms. The first-order chi connectivity index (χ1) is 8.40. The Bertz CT molecular complexity index is 410. The minimum Gasteiger partial charge on any atom is -0.486 e. The third kappa shape index (κ3) is 3.34. The quantitative estimate of drug-likeness (QED) is 0.444. The highest BCUT2D eigenvalue weighted by molar-refractivity contribution is 5.49. The first-order valence-corrected chi connectivity index (χ1v) is 5.87. The molecule has 90 valence electrons. The van der Waals surface area contributed by atoms with Crippen LogP contribution >= 0.6 is 0 Å². The van der Waals surface area contributed by atoms with E-state index in [9.17, 15) is 4.79 Å². The van der Waals surface area contributed by atoms with Crippen LogP contribution in [0.2, 0.25) is 0 Å². The third-order valence-corrected chi connectivity index (χ3v) is 2.58. The molecule has 1 aromatic rings. The number of hydrogen-bond donors (Lipinski definition) is 0. The average Bonchev–Trinajstić information content (AvgIpc) is 2.38. The molecule has 3 nitrogen and oxygen atoms in total. The van der Waals surface area contributed by atoms with E-state index in [1.54, 1.807) is 0 Å². The zero-order valence-electron chi connectivity index (χ0n) is 9.72. The summed E-state index contributed by atoms with van der Waals surface area (Å²) in [5.74, 6) is 1.65. The number of allylic oxidation sites excluding steroid dienone is 2. The highest BCUT2D eigenvalue weighted by Gasteiger charge is 2.10. The van der Waals surface area contributed by atoms with Crippen molar-refractivity contribution in [3.63, 3.8) is 0 Å². The van der Waals surface area contributed by atoms with E-state index >= 15 is 0 Å². The van der Waals surface area contributed by atoms with E-state index in [2.05, 4.69) is 6.08 Å². The third-order valence-electron chi connectivity index (χ3n) is 2.58. The summed E-state index contributed by atoms with van der Waals surface area (Å²) in [5, 5.41) is 0. The molecule has 1 aromatic carbocycles. The maximum atomic E-state index is 10.1. The number of unbranched alkanes of at least 4 members (excludes halogenated alkanes) is 1. The second-order valence-electron chi connectivity index (χ2n) is 3.90. The Balaban J connectivity index is 1.93. The van der Waals surface area contributed by atoms with Gasteiger partial charge in [0.2, 0.25) is 0 Å². The minimum atomic E-state index is 0.595. The van der Waals surface area contributed by atoms with Crippen molar-refractivity contribution in [3.8, 4) is 11.5 Å². The van der Waals surface area contributed by atoms with Gasteiger partial charge in [0.25, 0.3) is 0 Å². The Morgan fingerprint density at radius 1 is 1.06 bits per heavy atom. The van der Waals surface area contributed by atoms with Gasteiger partial charge in [-0.3, -0.25) is 0 Å². The second-order valence-corrected chi connectivity index (χ2v) is 3.90. The van der Waals surface area contributed by atoms with Crippen LogP contribution in [0.4, 0.5) is 0 Å². The van der Waals surface area contributed by atoms with Crippen LogP contribution in [0.5, 0.6) is 11.5 Å². The molecule has 3 heteroatoms. The number of fused-ring (bicyclic) bond motifs is 1. The van der Waals surface area contributed by atoms with Gasteiger partial charge in [0.05, 0.1) is 0 Å². The standard InChI is InChI=1S/C14H16O3/c15-8-4-2-1-3-5-12-6-7-13-14(11-12)17-10-9-16-13/h1,3,6-8,11H,2,4-5,9-10H2/b3-1+. The molecule has 0 spiro atoms. The van der Waals surface area contributed by atoms with Crippen molar-refractivity contribution in [2.24, 2.45) is 0 Å². The molecule has 0 atom stereocenters. The van der Waals surface area contributed by atoms with Gasteiger partial charge in [-0.2, -0.15) is 0 Å². The molecule has 0 aliphatic carbocycles. The van der Waals surface area contributed by atoms with Gasteiger partial charge in [0, 0.05) is 6.42 Å². The minimum absolute atomic E-state index is 0.595. The van der Waals surface area contributed by atoms with Gasteiger partial charge in [-0.25, -0.2) is 0 Å². The summed E-state index contributed by atoms with van der Waals surface area (Å²) in [6, 6.07) is 6.00. The van der Waals surface area contributed by atoms with Crippen molar-refractivity contribution < 1.29 is 14.3 Å². The predicted octanol–water partition coefficient (Wildman–Crippen LogP) is 2.54. The summed E-state index contributed by atoms with van der Waals surface area (Å²) in [7, 11) is 0. The van der Waals surface area contributed by atoms with Crippen LogP contribution in [-0.4, -0.2) is 19.5 Å². The van der Waals surface area contributed by atoms with Gasteiger partial charge in [-0.05, 0) is 30.5 Å². The first kappa shape index (κ1) is 11.7. The summed E-state index contributed by atoms with van der Waals surface area (Å²) in [6.07, 6.45) is 7.32. The molecule has 2 rings (SSSR count). The number of aldehydes is 1. The largest absolute Gasteiger partial charge is 0.486 e. The Morgan fingerprint density at radius 3 is 2.71 bits per heavy atom. The van der Waals surface area contributed by atoms with Crippen LogP contribution < -0.4 is 9.47 Å². The number of ether oxygens (including phenoxy) is 2. The van der Waals surface area contributed by atoms with Gasteiger partial charge >= 0.3 is 0 Å². The molecule has 0 aromatic heterocycles. The van der Waals surface area contributed by atoms with E-state index in [4.69, 9.17) is 9.47 Å². The molecular weight excluding hydrogens is 216 g/mol. The van der Waals surface area contributed by atoms with E-state index in [0.29, 0.717) is 19.6 Å². The molecular formula is C14H16O3. The van der Waals surface area contributed by atoms with Crippen molar-refractivity contribution in [3.05, 3.63) is 35.9 Å². The Morgan fingerprint density at radius 2 is 1.88 bits per heavy atom. The van der Waals surface area contributed by atoms with Crippen LogP contribution in [0.1, 0.15) is 18.4 Å². The normalized spacial score (nSPS) is 13.9. The van der Waals surface area contributed by atoms with E-state index in [1.807, 2.05) is 24.3 Å². The van der Waals surface area contributed by atoms with Crippen molar-refractivity contribution >= 4 is 6.29 Å². The molecule has 0 bridgehead atoms. The Kier molecular flexibility index (Phi) is 4.19. The van der Waals surface area contributed by atoms with Gasteiger partial charge in [0.1, 0.15) is 19.5 Å². The first-order valence-electron chi connectivity index (χ1n) is 5.87. The van der Waals surface area contributed by atoms with Gasteiger partial charge in [-0.1, -0.05) is 18.2 Å². The maximum Gasteiger partial charge on any atom is 0.161 e. The molecule has 1 aliphatic rings. The highest BCUT2D eigenvalue weighted by Crippen LogP contribution is 2.30. The van der Waals surface area contributed by atoms with Gasteiger partial charge < -0.3 is 14.3 Å². The van der Waals surface area contributed by atoms with Crippen LogP contribution in [0.25, 0.3) is 0 Å². The number of hydrogen-bond acceptors (Lipinski definition) is 3. The number of rotatable bonds is 5. The molecule has 1 aliphatic heterocycles. The van der Waals surface area contributed by atoms with Crippen molar-refractivity contribution in [2.45, 2.75) is 19.3 Å². The average molecular weight is 232 g/mol. The Labute approximate surface area is 101 Å². The molecule has 0 radical (unpaired) electrons. The maximum absolute atomic E-state index is 10.1. The van der Waals surface area contributed by atoms with Crippen molar-refractivity contribution in [1.29, 1.82) is 0 Å². The monoisotopic (exact) mass is 232 g/mol. The van der Waals surface area contributed by atoms with E-state index < -0.39 is 0 Å². The fraction of sp³-hybridized carbons (Fsp3) is 0.357. The fourth-order valence-corrected chi connectivity index (χ4v) is 1.72. The van der Waals surface area contributed by atoms with E-state index in [1.165, 1.54) is 5.56 Å². The SMILES string of the molecule is O=CCC/C=C/Cc1ccc2c(c1)OCCO2.